The van der Waals surface area contributed by atoms with Crippen molar-refractivity contribution in [3.05, 3.63) is 35.3 Å². The number of benzene rings is 1. The van der Waals surface area contributed by atoms with Gasteiger partial charge in [-0.3, -0.25) is 9.59 Å². The van der Waals surface area contributed by atoms with E-state index in [-0.39, 0.29) is 25.0 Å². The standard InChI is InChI=1S/C15H15NO4S/c1-20-13-5-3-2-4-12(13)15-16-10(9-21-15)8-11(17)6-7-14(18)19/h2-5,9H,6-8H2,1H3,(H,18,19). The van der Waals surface area contributed by atoms with Crippen LogP contribution in [0.15, 0.2) is 29.6 Å². The molecule has 1 heterocycles. The Morgan fingerprint density at radius 2 is 2.05 bits per heavy atom. The lowest BCUT2D eigenvalue weighted by molar-refractivity contribution is -0.138. The molecule has 110 valence electrons. The number of hydrogen-bond acceptors (Lipinski definition) is 5. The topological polar surface area (TPSA) is 76.5 Å². The van der Waals surface area contributed by atoms with Crippen LogP contribution in [0.3, 0.4) is 0 Å². The van der Waals surface area contributed by atoms with Gasteiger partial charge in [-0.1, -0.05) is 12.1 Å². The molecule has 0 radical (unpaired) electrons. The zero-order valence-electron chi connectivity index (χ0n) is 11.5. The zero-order valence-corrected chi connectivity index (χ0v) is 12.4. The molecule has 5 nitrogen and oxygen atoms in total. The van der Waals surface area contributed by atoms with Gasteiger partial charge in [-0.25, -0.2) is 4.98 Å². The molecular formula is C15H15NO4S. The molecule has 0 aliphatic rings. The van der Waals surface area contributed by atoms with E-state index in [1.807, 2.05) is 29.6 Å². The van der Waals surface area contributed by atoms with Gasteiger partial charge in [0.2, 0.25) is 0 Å². The SMILES string of the molecule is COc1ccccc1-c1nc(CC(=O)CCC(=O)O)cs1. The molecule has 0 amide bonds. The van der Waals surface area contributed by atoms with Gasteiger partial charge in [-0.05, 0) is 12.1 Å². The molecule has 1 aromatic heterocycles. The number of Topliss-reactive ketones (excluding diaryl/α,β-unsaturated/α-hetero) is 1. The fourth-order valence-electron chi connectivity index (χ4n) is 1.87. The van der Waals surface area contributed by atoms with Gasteiger partial charge in [0.05, 0.1) is 24.8 Å². The minimum atomic E-state index is -0.962. The number of carboxylic acid groups (broad SMARTS) is 1. The molecule has 21 heavy (non-hydrogen) atoms. The van der Waals surface area contributed by atoms with Crippen LogP contribution in [0.1, 0.15) is 18.5 Å². The number of para-hydroxylation sites is 1. The van der Waals surface area contributed by atoms with E-state index in [0.717, 1.165) is 16.3 Å². The van der Waals surface area contributed by atoms with Gasteiger partial charge in [0, 0.05) is 18.2 Å². The van der Waals surface area contributed by atoms with E-state index in [2.05, 4.69) is 4.98 Å². The number of aromatic nitrogens is 1. The summed E-state index contributed by atoms with van der Waals surface area (Å²) in [6, 6.07) is 7.55. The second-order valence-corrected chi connectivity index (χ2v) is 5.31. The molecule has 1 N–H and O–H groups in total. The first kappa shape index (κ1) is 15.2. The predicted octanol–water partition coefficient (Wildman–Crippen LogP) is 2.80. The Morgan fingerprint density at radius 3 is 2.76 bits per heavy atom. The van der Waals surface area contributed by atoms with Crippen molar-refractivity contribution in [3.8, 4) is 16.3 Å². The zero-order chi connectivity index (χ0) is 15.2. The van der Waals surface area contributed by atoms with Gasteiger partial charge < -0.3 is 9.84 Å². The van der Waals surface area contributed by atoms with Crippen molar-refractivity contribution < 1.29 is 19.4 Å². The number of nitrogens with zero attached hydrogens (tertiary/aromatic N) is 1. The van der Waals surface area contributed by atoms with Crippen LogP contribution in [0, 0.1) is 0 Å². The van der Waals surface area contributed by atoms with Crippen LogP contribution in [-0.4, -0.2) is 29.0 Å². The summed E-state index contributed by atoms with van der Waals surface area (Å²) in [6.07, 6.45) is 0.0676. The summed E-state index contributed by atoms with van der Waals surface area (Å²) in [5.74, 6) is -0.346. The van der Waals surface area contributed by atoms with Crippen molar-refractivity contribution >= 4 is 23.1 Å². The number of hydrogen-bond donors (Lipinski definition) is 1. The third-order valence-electron chi connectivity index (χ3n) is 2.89. The molecule has 0 saturated heterocycles. The molecule has 0 saturated carbocycles. The Hall–Kier alpha value is -2.21. The van der Waals surface area contributed by atoms with Crippen molar-refractivity contribution in [3.63, 3.8) is 0 Å². The molecule has 0 fully saturated rings. The molecule has 1 aromatic carbocycles. The van der Waals surface area contributed by atoms with Crippen molar-refractivity contribution in [1.82, 2.24) is 4.98 Å². The van der Waals surface area contributed by atoms with E-state index in [1.54, 1.807) is 7.11 Å². The summed E-state index contributed by atoms with van der Waals surface area (Å²) in [7, 11) is 1.60. The smallest absolute Gasteiger partial charge is 0.303 e. The largest absolute Gasteiger partial charge is 0.496 e. The van der Waals surface area contributed by atoms with E-state index in [4.69, 9.17) is 9.84 Å². The van der Waals surface area contributed by atoms with Gasteiger partial charge in [0.25, 0.3) is 0 Å². The number of methoxy groups -OCH3 is 1. The normalized spacial score (nSPS) is 10.3. The fourth-order valence-corrected chi connectivity index (χ4v) is 2.72. The maximum atomic E-state index is 11.7. The number of carbonyl (C=O) groups excluding carboxylic acids is 1. The van der Waals surface area contributed by atoms with Crippen LogP contribution in [0.25, 0.3) is 10.6 Å². The molecule has 0 aliphatic carbocycles. The number of carbonyl (C=O) groups is 2. The van der Waals surface area contributed by atoms with Crippen LogP contribution >= 0.6 is 11.3 Å². The lowest BCUT2D eigenvalue weighted by Gasteiger charge is -2.04. The van der Waals surface area contributed by atoms with Crippen molar-refractivity contribution in [2.75, 3.05) is 7.11 Å². The first-order chi connectivity index (χ1) is 10.1. The predicted molar refractivity (Wildman–Crippen MR) is 79.7 cm³/mol. The van der Waals surface area contributed by atoms with Crippen LogP contribution in [0.4, 0.5) is 0 Å². The van der Waals surface area contributed by atoms with E-state index in [0.29, 0.717) is 5.69 Å². The summed E-state index contributed by atoms with van der Waals surface area (Å²) in [4.78, 5) is 26.5. The van der Waals surface area contributed by atoms with Crippen molar-refractivity contribution in [2.24, 2.45) is 0 Å². The molecule has 2 rings (SSSR count). The fraction of sp³-hybridized carbons (Fsp3) is 0.267. The molecular weight excluding hydrogens is 290 g/mol. The number of ether oxygens (including phenoxy) is 1. The molecule has 0 aliphatic heterocycles. The molecule has 0 atom stereocenters. The van der Waals surface area contributed by atoms with Gasteiger partial charge >= 0.3 is 5.97 Å². The minimum Gasteiger partial charge on any atom is -0.496 e. The summed E-state index contributed by atoms with van der Waals surface area (Å²) in [6.45, 7) is 0. The van der Waals surface area contributed by atoms with E-state index >= 15 is 0 Å². The van der Waals surface area contributed by atoms with Gasteiger partial charge in [0.15, 0.2) is 0 Å². The highest BCUT2D eigenvalue weighted by molar-refractivity contribution is 7.13. The molecule has 0 unspecified atom stereocenters. The lowest BCUT2D eigenvalue weighted by Crippen LogP contribution is -2.06. The highest BCUT2D eigenvalue weighted by Crippen LogP contribution is 2.31. The average molecular weight is 305 g/mol. The second kappa shape index (κ2) is 6.99. The Labute approximate surface area is 126 Å². The van der Waals surface area contributed by atoms with E-state index in [9.17, 15) is 9.59 Å². The van der Waals surface area contributed by atoms with Crippen LogP contribution in [0.2, 0.25) is 0 Å². The Bertz CT molecular complexity index is 651. The molecule has 0 bridgehead atoms. The summed E-state index contributed by atoms with van der Waals surface area (Å²) in [5.41, 5.74) is 1.55. The molecule has 6 heteroatoms. The maximum Gasteiger partial charge on any atom is 0.303 e. The Morgan fingerprint density at radius 1 is 1.29 bits per heavy atom. The number of rotatable bonds is 7. The van der Waals surface area contributed by atoms with Gasteiger partial charge in [-0.2, -0.15) is 0 Å². The quantitative estimate of drug-likeness (QED) is 0.851. The van der Waals surface area contributed by atoms with E-state index < -0.39 is 5.97 Å². The average Bonchev–Trinajstić information content (AvgIpc) is 2.93. The first-order valence-electron chi connectivity index (χ1n) is 6.41. The number of aliphatic carboxylic acids is 1. The highest BCUT2D eigenvalue weighted by atomic mass is 32.1. The molecule has 2 aromatic rings. The van der Waals surface area contributed by atoms with Gasteiger partial charge in [0.1, 0.15) is 16.5 Å². The Balaban J connectivity index is 2.08. The van der Waals surface area contributed by atoms with Crippen LogP contribution in [-0.2, 0) is 16.0 Å². The van der Waals surface area contributed by atoms with Crippen LogP contribution in [0.5, 0.6) is 5.75 Å². The summed E-state index contributed by atoms with van der Waals surface area (Å²) in [5, 5.41) is 11.2. The number of carboxylic acids is 1. The highest BCUT2D eigenvalue weighted by Gasteiger charge is 2.12. The molecule has 0 spiro atoms. The second-order valence-electron chi connectivity index (χ2n) is 4.45. The summed E-state index contributed by atoms with van der Waals surface area (Å²) < 4.78 is 5.29. The van der Waals surface area contributed by atoms with Gasteiger partial charge in [-0.15, -0.1) is 11.3 Å². The van der Waals surface area contributed by atoms with E-state index in [1.165, 1.54) is 11.3 Å². The van der Waals surface area contributed by atoms with Crippen LogP contribution < -0.4 is 4.74 Å². The first-order valence-corrected chi connectivity index (χ1v) is 7.29. The third kappa shape index (κ3) is 4.13. The lowest BCUT2D eigenvalue weighted by atomic mass is 10.1. The monoisotopic (exact) mass is 305 g/mol. The van der Waals surface area contributed by atoms with Crippen molar-refractivity contribution in [1.29, 1.82) is 0 Å². The van der Waals surface area contributed by atoms with Crippen molar-refractivity contribution in [2.45, 2.75) is 19.3 Å². The third-order valence-corrected chi connectivity index (χ3v) is 3.81. The maximum absolute atomic E-state index is 11.7. The summed E-state index contributed by atoms with van der Waals surface area (Å²) >= 11 is 1.44. The minimum absolute atomic E-state index is 0.0385. The Kier molecular flexibility index (Phi) is 5.05. The number of thiazole rings is 1. The number of ketones is 1.